The molecule has 0 fully saturated rings. The highest BCUT2D eigenvalue weighted by atomic mass is 19.1. The number of nitriles is 1. The van der Waals surface area contributed by atoms with Crippen molar-refractivity contribution < 1.29 is 14.1 Å². The molecule has 1 aliphatic carbocycles. The summed E-state index contributed by atoms with van der Waals surface area (Å²) in [5, 5.41) is 21.3. The number of anilines is 1. The van der Waals surface area contributed by atoms with Gasteiger partial charge in [-0.2, -0.15) is 5.26 Å². The number of Topliss-reactive ketones (excluding diaryl/α,β-unsaturated/α-hetero) is 1. The number of ketones is 1. The molecule has 2 aromatic rings. The third-order valence-corrected chi connectivity index (χ3v) is 5.89. The molecule has 32 heavy (non-hydrogen) atoms. The van der Waals surface area contributed by atoms with Crippen molar-refractivity contribution in [3.8, 4) is 6.07 Å². The third kappa shape index (κ3) is 3.42. The van der Waals surface area contributed by atoms with E-state index in [0.29, 0.717) is 23.3 Å². The molecule has 0 spiro atoms. The van der Waals surface area contributed by atoms with Crippen molar-refractivity contribution in [2.45, 2.75) is 32.6 Å². The fourth-order valence-corrected chi connectivity index (χ4v) is 4.57. The number of rotatable bonds is 3. The van der Waals surface area contributed by atoms with Crippen LogP contribution in [0.3, 0.4) is 0 Å². The monoisotopic (exact) mass is 432 g/mol. The summed E-state index contributed by atoms with van der Waals surface area (Å²) < 4.78 is 14.8. The first-order chi connectivity index (χ1) is 15.1. The molecule has 1 atom stereocenters. The lowest BCUT2D eigenvalue weighted by Gasteiger charge is -2.43. The van der Waals surface area contributed by atoms with Crippen LogP contribution in [-0.2, 0) is 4.79 Å². The Kier molecular flexibility index (Phi) is 5.05. The Morgan fingerprint density at radius 2 is 1.94 bits per heavy atom. The number of nitro groups is 1. The molecule has 4 rings (SSSR count). The topological polar surface area (TPSA) is 113 Å². The van der Waals surface area contributed by atoms with Gasteiger partial charge in [0.15, 0.2) is 5.78 Å². The number of nitro benzene ring substituents is 1. The van der Waals surface area contributed by atoms with Crippen LogP contribution in [0.15, 0.2) is 71.2 Å². The molecular weight excluding hydrogens is 411 g/mol. The number of para-hydroxylation sites is 1. The van der Waals surface area contributed by atoms with Gasteiger partial charge in [-0.05, 0) is 29.5 Å². The van der Waals surface area contributed by atoms with Gasteiger partial charge in [-0.25, -0.2) is 4.39 Å². The van der Waals surface area contributed by atoms with Crippen molar-refractivity contribution in [2.24, 2.45) is 11.1 Å². The molecule has 0 saturated heterocycles. The fourth-order valence-electron chi connectivity index (χ4n) is 4.57. The fraction of sp³-hybridized carbons (Fsp3) is 0.250. The lowest BCUT2D eigenvalue weighted by atomic mass is 9.68. The predicted octanol–water partition coefficient (Wildman–Crippen LogP) is 4.67. The second kappa shape index (κ2) is 7.61. The van der Waals surface area contributed by atoms with E-state index in [1.807, 2.05) is 13.8 Å². The molecule has 0 radical (unpaired) electrons. The summed E-state index contributed by atoms with van der Waals surface area (Å²) in [6.45, 7) is 3.88. The smallest absolute Gasteiger partial charge is 0.269 e. The minimum atomic E-state index is -0.860. The average molecular weight is 432 g/mol. The quantitative estimate of drug-likeness (QED) is 0.557. The first kappa shape index (κ1) is 21.2. The van der Waals surface area contributed by atoms with Gasteiger partial charge < -0.3 is 5.73 Å². The van der Waals surface area contributed by atoms with Gasteiger partial charge in [0.1, 0.15) is 11.6 Å². The minimum absolute atomic E-state index is 0.0124. The lowest BCUT2D eigenvalue weighted by Crippen LogP contribution is -2.42. The van der Waals surface area contributed by atoms with E-state index in [9.17, 15) is 24.6 Å². The Hall–Kier alpha value is -3.99. The van der Waals surface area contributed by atoms with E-state index in [2.05, 4.69) is 6.07 Å². The lowest BCUT2D eigenvalue weighted by molar-refractivity contribution is -0.384. The van der Waals surface area contributed by atoms with Gasteiger partial charge in [0, 0.05) is 29.8 Å². The van der Waals surface area contributed by atoms with Gasteiger partial charge in [-0.15, -0.1) is 0 Å². The third-order valence-electron chi connectivity index (χ3n) is 5.89. The van der Waals surface area contributed by atoms with E-state index in [0.717, 1.165) is 0 Å². The number of carbonyl (C=O) groups excluding carboxylic acids is 1. The van der Waals surface area contributed by atoms with E-state index in [-0.39, 0.29) is 35.0 Å². The Morgan fingerprint density at radius 3 is 2.59 bits per heavy atom. The van der Waals surface area contributed by atoms with Crippen LogP contribution >= 0.6 is 0 Å². The number of nitrogens with two attached hydrogens (primary N) is 1. The van der Waals surface area contributed by atoms with E-state index in [1.165, 1.54) is 29.2 Å². The summed E-state index contributed by atoms with van der Waals surface area (Å²) in [6, 6.07) is 14.0. The number of non-ortho nitro benzene ring substituents is 1. The molecule has 2 aliphatic rings. The average Bonchev–Trinajstić information content (AvgIpc) is 2.73. The zero-order valence-electron chi connectivity index (χ0n) is 17.6. The van der Waals surface area contributed by atoms with Crippen molar-refractivity contribution >= 4 is 17.2 Å². The van der Waals surface area contributed by atoms with E-state index in [4.69, 9.17) is 5.73 Å². The van der Waals surface area contributed by atoms with Crippen LogP contribution in [-0.4, -0.2) is 10.7 Å². The summed E-state index contributed by atoms with van der Waals surface area (Å²) in [4.78, 5) is 25.6. The number of allylic oxidation sites excluding steroid dienone is 3. The highest BCUT2D eigenvalue weighted by molar-refractivity contribution is 6.01. The molecule has 0 saturated carbocycles. The first-order valence-electron chi connectivity index (χ1n) is 10.1. The van der Waals surface area contributed by atoms with Crippen LogP contribution in [0.5, 0.6) is 0 Å². The van der Waals surface area contributed by atoms with Gasteiger partial charge >= 0.3 is 0 Å². The van der Waals surface area contributed by atoms with Crippen LogP contribution < -0.4 is 10.6 Å². The van der Waals surface area contributed by atoms with Crippen LogP contribution in [0.1, 0.15) is 38.2 Å². The molecule has 0 bridgehead atoms. The Labute approximate surface area is 184 Å². The van der Waals surface area contributed by atoms with Gasteiger partial charge in [0.2, 0.25) is 0 Å². The van der Waals surface area contributed by atoms with E-state index >= 15 is 0 Å². The Balaban J connectivity index is 2.02. The molecule has 0 unspecified atom stereocenters. The molecule has 0 amide bonds. The van der Waals surface area contributed by atoms with Gasteiger partial charge in [0.05, 0.1) is 28.2 Å². The maximum atomic E-state index is 14.8. The standard InChI is InChI=1S/C24H21FN4O3/c1-24(2)11-19-22(20(30)12-24)21(14-6-5-7-15(10-14)29(31)32)16(13-26)23(27)28(19)18-9-4-3-8-17(18)25/h3-10,21H,11-12,27H2,1-2H3/t21-/m0/s1. The van der Waals surface area contributed by atoms with Crippen LogP contribution in [0, 0.1) is 32.7 Å². The maximum absolute atomic E-state index is 14.8. The number of nitrogens with zero attached hydrogens (tertiary/aromatic N) is 3. The SMILES string of the molecule is CC1(C)CC(=O)C2=C(C1)N(c1ccccc1F)C(N)=C(C#N)[C@@H]2c1cccc([N+](=O)[O-])c1. The number of hydrogen-bond donors (Lipinski definition) is 1. The van der Waals surface area contributed by atoms with E-state index in [1.54, 1.807) is 24.3 Å². The maximum Gasteiger partial charge on any atom is 0.269 e. The molecule has 0 aromatic heterocycles. The van der Waals surface area contributed by atoms with Gasteiger partial charge in [0.25, 0.3) is 5.69 Å². The van der Waals surface area contributed by atoms with Crippen molar-refractivity contribution in [3.63, 3.8) is 0 Å². The molecule has 7 nitrogen and oxygen atoms in total. The molecule has 2 N–H and O–H groups in total. The normalized spacial score (nSPS) is 20.1. The molecule has 162 valence electrons. The number of benzene rings is 2. The van der Waals surface area contributed by atoms with Crippen LogP contribution in [0.2, 0.25) is 0 Å². The second-order valence-electron chi connectivity index (χ2n) is 8.78. The summed E-state index contributed by atoms with van der Waals surface area (Å²) >= 11 is 0. The molecule has 8 heteroatoms. The minimum Gasteiger partial charge on any atom is -0.384 e. The zero-order valence-corrected chi connectivity index (χ0v) is 17.6. The zero-order chi connectivity index (χ0) is 23.2. The van der Waals surface area contributed by atoms with Gasteiger partial charge in [-0.3, -0.25) is 19.8 Å². The van der Waals surface area contributed by atoms with Crippen LogP contribution in [0.25, 0.3) is 0 Å². The second-order valence-corrected chi connectivity index (χ2v) is 8.78. The summed E-state index contributed by atoms with van der Waals surface area (Å²) in [5.41, 5.74) is 7.36. The van der Waals surface area contributed by atoms with Gasteiger partial charge in [-0.1, -0.05) is 38.1 Å². The number of halogens is 1. The Morgan fingerprint density at radius 1 is 1.22 bits per heavy atom. The molecule has 1 aliphatic heterocycles. The molecule has 1 heterocycles. The van der Waals surface area contributed by atoms with E-state index < -0.39 is 22.1 Å². The summed E-state index contributed by atoms with van der Waals surface area (Å²) in [7, 11) is 0. The van der Waals surface area contributed by atoms with Crippen molar-refractivity contribution in [1.29, 1.82) is 5.26 Å². The van der Waals surface area contributed by atoms with Crippen molar-refractivity contribution in [2.75, 3.05) is 4.90 Å². The largest absolute Gasteiger partial charge is 0.384 e. The molecular formula is C24H21FN4O3. The van der Waals surface area contributed by atoms with Crippen LogP contribution in [0.4, 0.5) is 15.8 Å². The summed E-state index contributed by atoms with van der Waals surface area (Å²) in [6.07, 6.45) is 0.661. The highest BCUT2D eigenvalue weighted by Gasteiger charge is 2.45. The number of hydrogen-bond acceptors (Lipinski definition) is 6. The Bertz CT molecular complexity index is 1260. The van der Waals surface area contributed by atoms with Crippen molar-refractivity contribution in [3.05, 3.63) is 92.7 Å². The number of carbonyl (C=O) groups is 1. The first-order valence-corrected chi connectivity index (χ1v) is 10.1. The summed E-state index contributed by atoms with van der Waals surface area (Å²) in [5.74, 6) is -1.57. The van der Waals surface area contributed by atoms with Crippen molar-refractivity contribution in [1.82, 2.24) is 0 Å². The molecule has 2 aromatic carbocycles. The highest BCUT2D eigenvalue weighted by Crippen LogP contribution is 2.50. The predicted molar refractivity (Wildman–Crippen MR) is 117 cm³/mol.